The van der Waals surface area contributed by atoms with E-state index in [4.69, 9.17) is 22.1 Å². The van der Waals surface area contributed by atoms with Crippen LogP contribution in [-0.2, 0) is 9.59 Å². The van der Waals surface area contributed by atoms with E-state index in [1.165, 1.54) is 11.8 Å². The third kappa shape index (κ3) is 4.43. The van der Waals surface area contributed by atoms with E-state index in [1.54, 1.807) is 23.1 Å². The average Bonchev–Trinajstić information content (AvgIpc) is 2.92. The molecule has 0 aliphatic carbocycles. The first-order valence-electron chi connectivity index (χ1n) is 8.65. The van der Waals surface area contributed by atoms with Crippen LogP contribution in [0.3, 0.4) is 0 Å². The summed E-state index contributed by atoms with van der Waals surface area (Å²) in [4.78, 5) is 25.6. The average molecular weight is 414 g/mol. The number of amides is 1. The minimum Gasteiger partial charge on any atom is -0.493 e. The summed E-state index contributed by atoms with van der Waals surface area (Å²) in [6.07, 6.45) is 1.74. The van der Waals surface area contributed by atoms with Gasteiger partial charge in [0.15, 0.2) is 4.32 Å². The maximum Gasteiger partial charge on any atom is 0.306 e. The van der Waals surface area contributed by atoms with E-state index in [-0.39, 0.29) is 18.9 Å². The molecule has 1 amide bonds. The highest BCUT2D eigenvalue weighted by Crippen LogP contribution is 2.37. The normalized spacial score (nSPS) is 15.4. The summed E-state index contributed by atoms with van der Waals surface area (Å²) in [7, 11) is 0. The summed E-state index contributed by atoms with van der Waals surface area (Å²) in [6, 6.07) is 13.0. The third-order valence-corrected chi connectivity index (χ3v) is 5.68. The third-order valence-electron chi connectivity index (χ3n) is 4.37. The number of rotatable bonds is 6. The zero-order valence-corrected chi connectivity index (χ0v) is 17.1. The van der Waals surface area contributed by atoms with Gasteiger partial charge in [-0.2, -0.15) is 0 Å². The topological polar surface area (TPSA) is 66.8 Å². The Morgan fingerprint density at radius 1 is 1.21 bits per heavy atom. The predicted octanol–water partition coefficient (Wildman–Crippen LogP) is 4.56. The highest BCUT2D eigenvalue weighted by atomic mass is 32.2. The van der Waals surface area contributed by atoms with Crippen LogP contribution in [0.15, 0.2) is 47.4 Å². The Morgan fingerprint density at radius 2 is 1.93 bits per heavy atom. The van der Waals surface area contributed by atoms with E-state index in [0.29, 0.717) is 15.0 Å². The number of aryl methyl sites for hydroxylation is 1. The number of ether oxygens (including phenoxy) is 1. The summed E-state index contributed by atoms with van der Waals surface area (Å²) >= 11 is 6.72. The lowest BCUT2D eigenvalue weighted by Gasteiger charge is -2.18. The van der Waals surface area contributed by atoms with Crippen molar-refractivity contribution >= 4 is 51.9 Å². The molecule has 3 rings (SSSR count). The lowest BCUT2D eigenvalue weighted by molar-refractivity contribution is -0.137. The van der Waals surface area contributed by atoms with Gasteiger partial charge in [0, 0.05) is 0 Å². The number of carbonyl (C=O) groups excluding carboxylic acids is 1. The maximum absolute atomic E-state index is 12.9. The van der Waals surface area contributed by atoms with Crippen LogP contribution >= 0.6 is 24.0 Å². The van der Waals surface area contributed by atoms with Crippen molar-refractivity contribution in [3.63, 3.8) is 0 Å². The van der Waals surface area contributed by atoms with E-state index < -0.39 is 5.97 Å². The molecule has 1 fully saturated rings. The Kier molecular flexibility index (Phi) is 6.16. The van der Waals surface area contributed by atoms with Gasteiger partial charge in [-0.3, -0.25) is 14.5 Å². The number of carboxylic acids is 1. The summed E-state index contributed by atoms with van der Waals surface area (Å²) in [5.74, 6) is -0.450. The number of thioether (sulfide) groups is 1. The Labute approximate surface area is 173 Å². The molecule has 0 aromatic heterocycles. The molecule has 1 aliphatic heterocycles. The standard InChI is InChI=1S/C21H19NO4S2/c1-13-4-3-5-17(14(13)2)22-20(25)18(28-21(22)27)12-15-6-8-16(9-7-15)26-11-10-19(23)24/h3-9,12H,10-11H2,1-2H3,(H,23,24)/b18-12+. The molecule has 0 spiro atoms. The molecule has 7 heteroatoms. The van der Waals surface area contributed by atoms with E-state index in [2.05, 4.69) is 0 Å². The summed E-state index contributed by atoms with van der Waals surface area (Å²) in [6.45, 7) is 4.10. The molecule has 0 atom stereocenters. The molecular formula is C21H19NO4S2. The first-order valence-corrected chi connectivity index (χ1v) is 9.88. The molecule has 0 unspecified atom stereocenters. The zero-order chi connectivity index (χ0) is 20.3. The fourth-order valence-electron chi connectivity index (χ4n) is 2.72. The summed E-state index contributed by atoms with van der Waals surface area (Å²) < 4.78 is 5.89. The van der Waals surface area contributed by atoms with Crippen LogP contribution in [0.4, 0.5) is 5.69 Å². The summed E-state index contributed by atoms with van der Waals surface area (Å²) in [5, 5.41) is 8.64. The Balaban J connectivity index is 1.76. The minimum absolute atomic E-state index is 0.0530. The molecule has 1 saturated heterocycles. The monoisotopic (exact) mass is 413 g/mol. The molecule has 1 N–H and O–H groups in total. The maximum atomic E-state index is 12.9. The van der Waals surface area contributed by atoms with Gasteiger partial charge in [-0.25, -0.2) is 0 Å². The molecule has 28 heavy (non-hydrogen) atoms. The van der Waals surface area contributed by atoms with Gasteiger partial charge in [0.2, 0.25) is 0 Å². The van der Waals surface area contributed by atoms with Crippen LogP contribution in [0.5, 0.6) is 5.75 Å². The second-order valence-corrected chi connectivity index (χ2v) is 7.97. The lowest BCUT2D eigenvalue weighted by Crippen LogP contribution is -2.28. The number of aliphatic carboxylic acids is 1. The van der Waals surface area contributed by atoms with Gasteiger partial charge in [-0.1, -0.05) is 48.2 Å². The predicted molar refractivity (Wildman–Crippen MR) is 116 cm³/mol. The number of hydrogen-bond donors (Lipinski definition) is 1. The van der Waals surface area contributed by atoms with Crippen LogP contribution in [0.2, 0.25) is 0 Å². The van der Waals surface area contributed by atoms with Crippen LogP contribution in [0.25, 0.3) is 6.08 Å². The molecule has 1 heterocycles. The second-order valence-electron chi connectivity index (χ2n) is 6.30. The summed E-state index contributed by atoms with van der Waals surface area (Å²) in [5.41, 5.74) is 3.79. The number of anilines is 1. The SMILES string of the molecule is Cc1cccc(N2C(=O)/C(=C\c3ccc(OCCC(=O)O)cc3)SC2=S)c1C. The fourth-order valence-corrected chi connectivity index (χ4v) is 4.01. The van der Waals surface area contributed by atoms with E-state index in [0.717, 1.165) is 22.4 Å². The molecule has 144 valence electrons. The fraction of sp³-hybridized carbons (Fsp3) is 0.190. The zero-order valence-electron chi connectivity index (χ0n) is 15.5. The second kappa shape index (κ2) is 8.58. The van der Waals surface area contributed by atoms with E-state index in [9.17, 15) is 9.59 Å². The van der Waals surface area contributed by atoms with Gasteiger partial charge in [-0.05, 0) is 54.8 Å². The Morgan fingerprint density at radius 3 is 2.61 bits per heavy atom. The molecule has 0 bridgehead atoms. The van der Waals surface area contributed by atoms with Gasteiger partial charge in [0.05, 0.1) is 23.6 Å². The largest absolute Gasteiger partial charge is 0.493 e. The first-order chi connectivity index (χ1) is 13.4. The lowest BCUT2D eigenvalue weighted by atomic mass is 10.1. The van der Waals surface area contributed by atoms with E-state index >= 15 is 0 Å². The molecule has 0 saturated carbocycles. The highest BCUT2D eigenvalue weighted by Gasteiger charge is 2.34. The van der Waals surface area contributed by atoms with Crippen LogP contribution in [-0.4, -0.2) is 27.9 Å². The van der Waals surface area contributed by atoms with Crippen molar-refractivity contribution in [1.29, 1.82) is 0 Å². The molecule has 5 nitrogen and oxygen atoms in total. The van der Waals surface area contributed by atoms with E-state index in [1.807, 2.05) is 44.2 Å². The van der Waals surface area contributed by atoms with Crippen molar-refractivity contribution in [2.45, 2.75) is 20.3 Å². The quantitative estimate of drug-likeness (QED) is 0.553. The Bertz CT molecular complexity index is 967. The molecular weight excluding hydrogens is 394 g/mol. The van der Waals surface area contributed by atoms with Crippen molar-refractivity contribution in [3.05, 3.63) is 64.1 Å². The minimum atomic E-state index is -0.900. The van der Waals surface area contributed by atoms with Crippen LogP contribution < -0.4 is 9.64 Å². The molecule has 2 aromatic rings. The van der Waals surface area contributed by atoms with Crippen molar-refractivity contribution in [1.82, 2.24) is 0 Å². The van der Waals surface area contributed by atoms with Crippen molar-refractivity contribution in [2.24, 2.45) is 0 Å². The van der Waals surface area contributed by atoms with Crippen LogP contribution in [0.1, 0.15) is 23.1 Å². The van der Waals surface area contributed by atoms with Crippen molar-refractivity contribution in [3.8, 4) is 5.75 Å². The van der Waals surface area contributed by atoms with Gasteiger partial charge in [0.25, 0.3) is 5.91 Å². The molecule has 2 aromatic carbocycles. The van der Waals surface area contributed by atoms with Crippen molar-refractivity contribution < 1.29 is 19.4 Å². The smallest absolute Gasteiger partial charge is 0.306 e. The number of carboxylic acid groups (broad SMARTS) is 1. The number of benzene rings is 2. The van der Waals surface area contributed by atoms with Crippen LogP contribution in [0, 0.1) is 13.8 Å². The molecule has 0 radical (unpaired) electrons. The number of nitrogens with zero attached hydrogens (tertiary/aromatic N) is 1. The van der Waals surface area contributed by atoms with Gasteiger partial charge >= 0.3 is 5.97 Å². The van der Waals surface area contributed by atoms with Gasteiger partial charge in [-0.15, -0.1) is 0 Å². The first kappa shape index (κ1) is 20.1. The number of carbonyl (C=O) groups is 2. The molecule has 1 aliphatic rings. The number of hydrogen-bond acceptors (Lipinski definition) is 5. The van der Waals surface area contributed by atoms with Gasteiger partial charge < -0.3 is 9.84 Å². The van der Waals surface area contributed by atoms with Crippen molar-refractivity contribution in [2.75, 3.05) is 11.5 Å². The highest BCUT2D eigenvalue weighted by molar-refractivity contribution is 8.27. The Hall–Kier alpha value is -2.64. The number of thiocarbonyl (C=S) groups is 1. The van der Waals surface area contributed by atoms with Gasteiger partial charge in [0.1, 0.15) is 5.75 Å².